The molecular weight excluding hydrogens is 731 g/mol. The van der Waals surface area contributed by atoms with Crippen molar-refractivity contribution in [3.8, 4) is 0 Å². The number of hydrogen-bond acceptors (Lipinski definition) is 5. The fourth-order valence-corrected chi connectivity index (χ4v) is 6.79. The number of ether oxygens (including phenoxy) is 1. The van der Waals surface area contributed by atoms with Crippen LogP contribution in [0.3, 0.4) is 0 Å². The van der Waals surface area contributed by atoms with Gasteiger partial charge in [0.25, 0.3) is 0 Å². The Hall–Kier alpha value is -2.96. The first-order chi connectivity index (χ1) is 29.0. The lowest BCUT2D eigenvalue weighted by molar-refractivity contribution is -0.150. The van der Waals surface area contributed by atoms with Crippen LogP contribution in [0.4, 0.5) is 0 Å². The third-order valence-electron chi connectivity index (χ3n) is 10.5. The number of aliphatic hydroxyl groups excluding tert-OH is 2. The number of esters is 1. The lowest BCUT2D eigenvalue weighted by atomic mass is 10.0. The Morgan fingerprint density at radius 1 is 0.508 bits per heavy atom. The number of hydrogen-bond donors (Lipinski definition) is 3. The second-order valence-corrected chi connectivity index (χ2v) is 16.1. The molecule has 0 saturated heterocycles. The summed E-state index contributed by atoms with van der Waals surface area (Å²) in [7, 11) is 0. The van der Waals surface area contributed by atoms with Gasteiger partial charge in [-0.15, -0.1) is 0 Å². The van der Waals surface area contributed by atoms with E-state index < -0.39 is 18.2 Å². The van der Waals surface area contributed by atoms with E-state index in [-0.39, 0.29) is 31.3 Å². The zero-order valence-electron chi connectivity index (χ0n) is 38.4. The molecule has 0 saturated carbocycles. The van der Waals surface area contributed by atoms with E-state index >= 15 is 0 Å². The molecule has 0 heterocycles. The highest BCUT2D eigenvalue weighted by Crippen LogP contribution is 2.16. The van der Waals surface area contributed by atoms with Gasteiger partial charge in [-0.05, 0) is 83.5 Å². The molecule has 3 N–H and O–H groups in total. The van der Waals surface area contributed by atoms with Gasteiger partial charge in [-0.1, -0.05) is 202 Å². The second kappa shape index (κ2) is 46.1. The second-order valence-electron chi connectivity index (χ2n) is 16.1. The molecule has 0 fully saturated rings. The molecular formula is C53H91NO5. The van der Waals surface area contributed by atoms with Crippen LogP contribution in [-0.4, -0.2) is 46.9 Å². The maximum absolute atomic E-state index is 13.1. The maximum Gasteiger partial charge on any atom is 0.306 e. The molecule has 0 rings (SSSR count). The molecule has 6 heteroatoms. The lowest BCUT2D eigenvalue weighted by Gasteiger charge is -2.24. The fourth-order valence-electron chi connectivity index (χ4n) is 6.79. The molecule has 0 aromatic rings. The Labute approximate surface area is 363 Å². The van der Waals surface area contributed by atoms with E-state index in [1.165, 1.54) is 70.6 Å². The SMILES string of the molecule is CC/C=C\C/C=C\C/C=C\C/C=C\C/C=C\C/C=C\CCC(=O)OC(CCCCC/C=C\CCCC)CC(=O)NC(CO)C(O)CCCCCCCCCCCCCC. The van der Waals surface area contributed by atoms with Gasteiger partial charge in [-0.25, -0.2) is 0 Å². The van der Waals surface area contributed by atoms with Gasteiger partial charge in [0.2, 0.25) is 5.91 Å². The number of allylic oxidation sites excluding steroid dienone is 14. The number of unbranched alkanes of at least 4 members (excludes halogenated alkanes) is 16. The summed E-state index contributed by atoms with van der Waals surface area (Å²) in [4.78, 5) is 26.0. The number of rotatable bonds is 42. The Morgan fingerprint density at radius 3 is 1.44 bits per heavy atom. The van der Waals surface area contributed by atoms with Crippen LogP contribution in [0.25, 0.3) is 0 Å². The molecule has 0 aliphatic heterocycles. The summed E-state index contributed by atoms with van der Waals surface area (Å²) in [6.45, 7) is 6.28. The van der Waals surface area contributed by atoms with Crippen LogP contribution in [0.5, 0.6) is 0 Å². The minimum Gasteiger partial charge on any atom is -0.462 e. The molecule has 1 amide bonds. The van der Waals surface area contributed by atoms with Crippen LogP contribution in [0, 0.1) is 0 Å². The van der Waals surface area contributed by atoms with Crippen LogP contribution in [0.15, 0.2) is 85.1 Å². The third-order valence-corrected chi connectivity index (χ3v) is 10.5. The van der Waals surface area contributed by atoms with Crippen LogP contribution < -0.4 is 5.32 Å². The van der Waals surface area contributed by atoms with Crippen molar-refractivity contribution in [1.82, 2.24) is 5.32 Å². The summed E-state index contributed by atoms with van der Waals surface area (Å²) in [5.41, 5.74) is 0. The monoisotopic (exact) mass is 822 g/mol. The van der Waals surface area contributed by atoms with Gasteiger partial charge >= 0.3 is 5.97 Å². The summed E-state index contributed by atoms with van der Waals surface area (Å²) in [5, 5.41) is 23.6. The highest BCUT2D eigenvalue weighted by molar-refractivity contribution is 5.77. The number of amides is 1. The number of carbonyl (C=O) groups excluding carboxylic acids is 2. The minimum atomic E-state index is -0.806. The van der Waals surface area contributed by atoms with Gasteiger partial charge in [-0.2, -0.15) is 0 Å². The van der Waals surface area contributed by atoms with Crippen molar-refractivity contribution < 1.29 is 24.5 Å². The Bertz CT molecular complexity index is 1150. The van der Waals surface area contributed by atoms with Gasteiger partial charge < -0.3 is 20.3 Å². The first-order valence-electron chi connectivity index (χ1n) is 24.3. The predicted molar refractivity (Wildman–Crippen MR) is 254 cm³/mol. The van der Waals surface area contributed by atoms with E-state index in [2.05, 4.69) is 105 Å². The molecule has 0 aromatic heterocycles. The summed E-state index contributed by atoms with van der Waals surface area (Å²) in [6, 6.07) is -0.723. The smallest absolute Gasteiger partial charge is 0.306 e. The van der Waals surface area contributed by atoms with Crippen LogP contribution >= 0.6 is 0 Å². The zero-order chi connectivity index (χ0) is 43.1. The quantitative estimate of drug-likeness (QED) is 0.0324. The van der Waals surface area contributed by atoms with Crippen molar-refractivity contribution in [2.24, 2.45) is 0 Å². The van der Waals surface area contributed by atoms with Gasteiger partial charge in [0.1, 0.15) is 6.10 Å². The molecule has 0 aliphatic rings. The van der Waals surface area contributed by atoms with Gasteiger partial charge in [-0.3, -0.25) is 9.59 Å². The highest BCUT2D eigenvalue weighted by Gasteiger charge is 2.24. The normalized spacial score (nSPS) is 14.1. The van der Waals surface area contributed by atoms with Crippen LogP contribution in [0.2, 0.25) is 0 Å². The van der Waals surface area contributed by atoms with Crippen molar-refractivity contribution >= 4 is 11.9 Å². The molecule has 0 spiro atoms. The molecule has 338 valence electrons. The maximum atomic E-state index is 13.1. The summed E-state index contributed by atoms with van der Waals surface area (Å²) in [6.07, 6.45) is 59.4. The van der Waals surface area contributed by atoms with Crippen molar-refractivity contribution in [1.29, 1.82) is 0 Å². The van der Waals surface area contributed by atoms with E-state index in [0.717, 1.165) is 89.9 Å². The molecule has 59 heavy (non-hydrogen) atoms. The van der Waals surface area contributed by atoms with Crippen LogP contribution in [0.1, 0.15) is 213 Å². The first-order valence-corrected chi connectivity index (χ1v) is 24.3. The van der Waals surface area contributed by atoms with Crippen LogP contribution in [-0.2, 0) is 14.3 Å². The minimum absolute atomic E-state index is 0.0321. The molecule has 0 aromatic carbocycles. The molecule has 0 aliphatic carbocycles. The van der Waals surface area contributed by atoms with E-state index in [9.17, 15) is 19.8 Å². The fraction of sp³-hybridized carbons (Fsp3) is 0.698. The zero-order valence-corrected chi connectivity index (χ0v) is 38.4. The van der Waals surface area contributed by atoms with E-state index in [0.29, 0.717) is 19.3 Å². The first kappa shape index (κ1) is 56.0. The van der Waals surface area contributed by atoms with Crippen molar-refractivity contribution in [3.05, 3.63) is 85.1 Å². The summed E-state index contributed by atoms with van der Waals surface area (Å²) >= 11 is 0. The Balaban J connectivity index is 4.63. The predicted octanol–water partition coefficient (Wildman–Crippen LogP) is 14.4. The standard InChI is InChI=1S/C53H91NO5/c1-4-7-10-13-16-19-21-23-24-25-26-27-28-29-31-34-37-40-43-46-53(58)59-49(44-41-38-35-32-18-15-12-9-6-3)47-52(57)54-50(48-55)51(56)45-42-39-36-33-30-22-20-17-14-11-8-5-2/h7,10,15-16,18-19,23-24,26-27,29,31,37,40,49-51,55-56H,4-6,8-9,11-14,17,20-22,25,28,30,32-36,38-39,41-48H2,1-3H3,(H,54,57)/b10-7-,18-15-,19-16-,24-23-,27-26-,31-29-,40-37-. The van der Waals surface area contributed by atoms with Gasteiger partial charge in [0.05, 0.1) is 25.2 Å². The molecule has 0 bridgehead atoms. The number of carbonyl (C=O) groups is 2. The molecule has 3 unspecified atom stereocenters. The third kappa shape index (κ3) is 41.6. The molecule has 0 radical (unpaired) electrons. The average molecular weight is 822 g/mol. The largest absolute Gasteiger partial charge is 0.462 e. The molecule has 6 nitrogen and oxygen atoms in total. The van der Waals surface area contributed by atoms with Gasteiger partial charge in [0, 0.05) is 6.42 Å². The van der Waals surface area contributed by atoms with E-state index in [1.54, 1.807) is 0 Å². The van der Waals surface area contributed by atoms with Crippen molar-refractivity contribution in [2.75, 3.05) is 6.61 Å². The number of aliphatic hydroxyl groups is 2. The number of nitrogens with one attached hydrogen (secondary N) is 1. The van der Waals surface area contributed by atoms with Gasteiger partial charge in [0.15, 0.2) is 0 Å². The highest BCUT2D eigenvalue weighted by atomic mass is 16.5. The lowest BCUT2D eigenvalue weighted by Crippen LogP contribution is -2.46. The average Bonchev–Trinajstić information content (AvgIpc) is 3.23. The Morgan fingerprint density at radius 2 is 0.932 bits per heavy atom. The van der Waals surface area contributed by atoms with E-state index in [4.69, 9.17) is 4.74 Å². The van der Waals surface area contributed by atoms with E-state index in [1.807, 2.05) is 6.08 Å². The van der Waals surface area contributed by atoms with Crippen molar-refractivity contribution in [3.63, 3.8) is 0 Å². The summed E-state index contributed by atoms with van der Waals surface area (Å²) < 4.78 is 5.85. The topological polar surface area (TPSA) is 95.9 Å². The van der Waals surface area contributed by atoms with Crippen molar-refractivity contribution in [2.45, 2.75) is 232 Å². The molecule has 3 atom stereocenters. The summed E-state index contributed by atoms with van der Waals surface area (Å²) in [5.74, 6) is -0.599. The Kier molecular flexibility index (Phi) is 43.8.